The second-order valence-corrected chi connectivity index (χ2v) is 6.06. The number of nitrogens with one attached hydrogen (secondary N) is 1. The molecular weight excluding hydrogens is 252 g/mol. The van der Waals surface area contributed by atoms with Crippen molar-refractivity contribution in [2.45, 2.75) is 58.8 Å². The van der Waals surface area contributed by atoms with E-state index in [1.54, 1.807) is 7.11 Å². The Bertz CT molecular complexity index is 415. The molecule has 0 bridgehead atoms. The molecule has 0 aliphatic carbocycles. The third-order valence-corrected chi connectivity index (χ3v) is 3.95. The van der Waals surface area contributed by atoms with Crippen molar-refractivity contribution in [2.24, 2.45) is 0 Å². The topological polar surface area (TPSA) is 37.6 Å². The van der Waals surface area contributed by atoms with Gasteiger partial charge in [-0.3, -0.25) is 4.90 Å². The fraction of sp³-hybridized carbons (Fsp3) is 0.750. The maximum atomic E-state index is 5.90. The Labute approximate surface area is 122 Å². The Hall–Kier alpha value is -0.840. The van der Waals surface area contributed by atoms with E-state index in [0.29, 0.717) is 12.1 Å². The molecule has 1 N–H and O–H groups in total. The second kappa shape index (κ2) is 7.25. The van der Waals surface area contributed by atoms with Crippen LogP contribution in [0.4, 0.5) is 0 Å². The number of aryl methyl sites for hydroxylation is 1. The molecule has 1 saturated heterocycles. The molecule has 1 aliphatic rings. The normalized spacial score (nSPS) is 20.8. The highest BCUT2D eigenvalue weighted by atomic mass is 16.5. The number of nitrogens with zero attached hydrogens (tertiary/aromatic N) is 1. The smallest absolute Gasteiger partial charge is 0.118 e. The van der Waals surface area contributed by atoms with Crippen LogP contribution in [0.15, 0.2) is 10.5 Å². The minimum atomic E-state index is 0.377. The quantitative estimate of drug-likeness (QED) is 0.869. The van der Waals surface area contributed by atoms with Gasteiger partial charge in [0.25, 0.3) is 0 Å². The van der Waals surface area contributed by atoms with Gasteiger partial charge in [-0.2, -0.15) is 0 Å². The molecule has 20 heavy (non-hydrogen) atoms. The van der Waals surface area contributed by atoms with Gasteiger partial charge in [-0.15, -0.1) is 0 Å². The lowest BCUT2D eigenvalue weighted by atomic mass is 10.1. The van der Waals surface area contributed by atoms with Crippen LogP contribution in [0.1, 0.15) is 43.8 Å². The highest BCUT2D eigenvalue weighted by Gasteiger charge is 2.20. The predicted molar refractivity (Wildman–Crippen MR) is 80.7 cm³/mol. The molecule has 114 valence electrons. The summed E-state index contributed by atoms with van der Waals surface area (Å²) >= 11 is 0. The Kier molecular flexibility index (Phi) is 5.64. The molecule has 0 saturated carbocycles. The molecule has 0 amide bonds. The largest absolute Gasteiger partial charge is 0.465 e. The van der Waals surface area contributed by atoms with Crippen LogP contribution >= 0.6 is 0 Å². The standard InChI is InChI=1S/C16H28N2O2/c1-12(2)17-9-14-8-16(20-13(14)3)11-18-7-5-6-15(10-18)19-4/h8,12,15,17H,5-7,9-11H2,1-4H3. The molecule has 4 nitrogen and oxygen atoms in total. The molecule has 1 unspecified atom stereocenters. The highest BCUT2D eigenvalue weighted by Crippen LogP contribution is 2.19. The first-order valence-corrected chi connectivity index (χ1v) is 7.65. The van der Waals surface area contributed by atoms with Crippen molar-refractivity contribution in [3.63, 3.8) is 0 Å². The summed E-state index contributed by atoms with van der Waals surface area (Å²) in [6.07, 6.45) is 2.76. The summed E-state index contributed by atoms with van der Waals surface area (Å²) in [4.78, 5) is 2.43. The van der Waals surface area contributed by atoms with Crippen molar-refractivity contribution < 1.29 is 9.15 Å². The zero-order chi connectivity index (χ0) is 14.5. The zero-order valence-corrected chi connectivity index (χ0v) is 13.2. The van der Waals surface area contributed by atoms with Crippen LogP contribution in [-0.4, -0.2) is 37.2 Å². The number of methoxy groups -OCH3 is 1. The maximum Gasteiger partial charge on any atom is 0.118 e. The van der Waals surface area contributed by atoms with Crippen LogP contribution in [-0.2, 0) is 17.8 Å². The molecule has 2 rings (SSSR count). The van der Waals surface area contributed by atoms with Gasteiger partial charge in [0.1, 0.15) is 11.5 Å². The van der Waals surface area contributed by atoms with E-state index in [9.17, 15) is 0 Å². The van der Waals surface area contributed by atoms with Gasteiger partial charge in [-0.05, 0) is 32.4 Å². The lowest BCUT2D eigenvalue weighted by molar-refractivity contribution is 0.0263. The summed E-state index contributed by atoms with van der Waals surface area (Å²) < 4.78 is 11.4. The molecule has 0 aromatic carbocycles. The molecule has 4 heteroatoms. The zero-order valence-electron chi connectivity index (χ0n) is 13.2. The number of furan rings is 1. The summed E-state index contributed by atoms with van der Waals surface area (Å²) in [5.74, 6) is 2.10. The lowest BCUT2D eigenvalue weighted by Gasteiger charge is -2.31. The van der Waals surface area contributed by atoms with Gasteiger partial charge in [0.05, 0.1) is 12.6 Å². The number of ether oxygens (including phenoxy) is 1. The van der Waals surface area contributed by atoms with Gasteiger partial charge in [0, 0.05) is 31.8 Å². The first-order chi connectivity index (χ1) is 9.58. The fourth-order valence-corrected chi connectivity index (χ4v) is 2.72. The number of piperidine rings is 1. The molecule has 1 fully saturated rings. The van der Waals surface area contributed by atoms with Gasteiger partial charge < -0.3 is 14.5 Å². The van der Waals surface area contributed by atoms with Crippen LogP contribution in [0.2, 0.25) is 0 Å². The molecule has 1 atom stereocenters. The monoisotopic (exact) mass is 280 g/mol. The minimum Gasteiger partial charge on any atom is -0.465 e. The van der Waals surface area contributed by atoms with Crippen molar-refractivity contribution in [3.05, 3.63) is 23.2 Å². The van der Waals surface area contributed by atoms with Crippen LogP contribution in [0.5, 0.6) is 0 Å². The van der Waals surface area contributed by atoms with Crippen molar-refractivity contribution in [2.75, 3.05) is 20.2 Å². The maximum absolute atomic E-state index is 5.90. The van der Waals surface area contributed by atoms with Gasteiger partial charge in [0.15, 0.2) is 0 Å². The first-order valence-electron chi connectivity index (χ1n) is 7.65. The SMILES string of the molecule is COC1CCCN(Cc2cc(CNC(C)C)c(C)o2)C1. The summed E-state index contributed by atoms with van der Waals surface area (Å²) in [7, 11) is 1.81. The molecule has 2 heterocycles. The summed E-state index contributed by atoms with van der Waals surface area (Å²) in [5, 5.41) is 3.44. The van der Waals surface area contributed by atoms with E-state index < -0.39 is 0 Å². The van der Waals surface area contributed by atoms with E-state index in [1.165, 1.54) is 18.4 Å². The molecule has 0 radical (unpaired) electrons. The Morgan fingerprint density at radius 3 is 3.00 bits per heavy atom. The van der Waals surface area contributed by atoms with Gasteiger partial charge >= 0.3 is 0 Å². The Balaban J connectivity index is 1.91. The van der Waals surface area contributed by atoms with E-state index in [0.717, 1.165) is 37.7 Å². The van der Waals surface area contributed by atoms with Gasteiger partial charge in [-0.1, -0.05) is 13.8 Å². The Morgan fingerprint density at radius 1 is 1.50 bits per heavy atom. The van der Waals surface area contributed by atoms with E-state index in [2.05, 4.69) is 37.1 Å². The molecule has 1 aromatic heterocycles. The van der Waals surface area contributed by atoms with E-state index in [-0.39, 0.29) is 0 Å². The van der Waals surface area contributed by atoms with Crippen molar-refractivity contribution in [1.82, 2.24) is 10.2 Å². The van der Waals surface area contributed by atoms with E-state index >= 15 is 0 Å². The third-order valence-electron chi connectivity index (χ3n) is 3.95. The number of rotatable bonds is 6. The average molecular weight is 280 g/mol. The van der Waals surface area contributed by atoms with Crippen LogP contribution < -0.4 is 5.32 Å². The summed E-state index contributed by atoms with van der Waals surface area (Å²) in [5.41, 5.74) is 1.27. The second-order valence-electron chi connectivity index (χ2n) is 6.06. The van der Waals surface area contributed by atoms with E-state index in [4.69, 9.17) is 9.15 Å². The number of hydrogen-bond donors (Lipinski definition) is 1. The first kappa shape index (κ1) is 15.5. The number of hydrogen-bond acceptors (Lipinski definition) is 4. The van der Waals surface area contributed by atoms with Crippen molar-refractivity contribution >= 4 is 0 Å². The molecule has 0 spiro atoms. The number of likely N-dealkylation sites (tertiary alicyclic amines) is 1. The molecule has 1 aromatic rings. The molecule has 1 aliphatic heterocycles. The fourth-order valence-electron chi connectivity index (χ4n) is 2.72. The summed E-state index contributed by atoms with van der Waals surface area (Å²) in [6.45, 7) is 10.3. The Morgan fingerprint density at radius 2 is 2.30 bits per heavy atom. The molecular formula is C16H28N2O2. The van der Waals surface area contributed by atoms with Gasteiger partial charge in [0.2, 0.25) is 0 Å². The van der Waals surface area contributed by atoms with E-state index in [1.807, 2.05) is 0 Å². The van der Waals surface area contributed by atoms with Crippen LogP contribution in [0.3, 0.4) is 0 Å². The minimum absolute atomic E-state index is 0.377. The van der Waals surface area contributed by atoms with Gasteiger partial charge in [-0.25, -0.2) is 0 Å². The summed E-state index contributed by atoms with van der Waals surface area (Å²) in [6, 6.07) is 2.69. The van der Waals surface area contributed by atoms with Crippen LogP contribution in [0, 0.1) is 6.92 Å². The predicted octanol–water partition coefficient (Wildman–Crippen LogP) is 2.70. The lowest BCUT2D eigenvalue weighted by Crippen LogP contribution is -2.38. The third kappa shape index (κ3) is 4.33. The average Bonchev–Trinajstić information content (AvgIpc) is 2.76. The van der Waals surface area contributed by atoms with Crippen molar-refractivity contribution in [1.29, 1.82) is 0 Å². The van der Waals surface area contributed by atoms with Crippen LogP contribution in [0.25, 0.3) is 0 Å². The van der Waals surface area contributed by atoms with Crippen molar-refractivity contribution in [3.8, 4) is 0 Å². The highest BCUT2D eigenvalue weighted by molar-refractivity contribution is 5.20.